The van der Waals surface area contributed by atoms with Crippen molar-refractivity contribution >= 4 is 11.4 Å². The van der Waals surface area contributed by atoms with Crippen molar-refractivity contribution < 1.29 is 9.90 Å². The molecule has 1 aliphatic rings. The molecule has 2 heteroatoms. The van der Waals surface area contributed by atoms with Crippen molar-refractivity contribution in [1.82, 2.24) is 0 Å². The Morgan fingerprint density at radius 2 is 0.842 bits per heavy atom. The van der Waals surface area contributed by atoms with Crippen molar-refractivity contribution in [1.29, 1.82) is 0 Å². The molecule has 0 aliphatic heterocycles. The molecule has 0 fully saturated rings. The molecule has 0 saturated heterocycles. The number of rotatable bonds is 2. The standard InChI is InChI=1S/C55H54O2/c1-15-36-19-17-21-38(27-36)23-25-40-29-41(26-24-39-22-18-20-37(16-2)28-39)31-42(30-40)49(43-32-45(52(3,4)5)50(56)46(33-43)53(6,7)8)44-34-47(54(9,10)11)51(57)48(35-44)55(12,13)14/h1-2,17-22,27-35,56H,3-14H3. The normalized spacial score (nSPS) is 13.2. The average molecular weight is 747 g/mol. The van der Waals surface area contributed by atoms with Gasteiger partial charge in [-0.25, -0.2) is 0 Å². The number of carbonyl (C=O) groups is 1. The second kappa shape index (κ2) is 15.7. The largest absolute Gasteiger partial charge is 0.507 e. The van der Waals surface area contributed by atoms with Gasteiger partial charge in [-0.3, -0.25) is 4.79 Å². The molecule has 0 unspecified atom stereocenters. The summed E-state index contributed by atoms with van der Waals surface area (Å²) < 4.78 is 0. The zero-order valence-corrected chi connectivity index (χ0v) is 35.7. The Morgan fingerprint density at radius 3 is 1.21 bits per heavy atom. The van der Waals surface area contributed by atoms with E-state index >= 15 is 0 Å². The minimum absolute atomic E-state index is 0.0594. The lowest BCUT2D eigenvalue weighted by molar-refractivity contribution is -0.114. The van der Waals surface area contributed by atoms with E-state index in [9.17, 15) is 9.90 Å². The number of hydrogen-bond donors (Lipinski definition) is 1. The fourth-order valence-corrected chi connectivity index (χ4v) is 6.89. The summed E-state index contributed by atoms with van der Waals surface area (Å²) in [7, 11) is 0. The van der Waals surface area contributed by atoms with Crippen LogP contribution in [-0.2, 0) is 15.6 Å². The van der Waals surface area contributed by atoms with E-state index in [4.69, 9.17) is 12.8 Å². The van der Waals surface area contributed by atoms with Crippen LogP contribution in [0.5, 0.6) is 5.75 Å². The van der Waals surface area contributed by atoms with Crippen molar-refractivity contribution in [3.05, 3.63) is 163 Å². The first-order valence-electron chi connectivity index (χ1n) is 19.4. The van der Waals surface area contributed by atoms with Crippen LogP contribution in [0.1, 0.15) is 139 Å². The summed E-state index contributed by atoms with van der Waals surface area (Å²) in [5, 5.41) is 11.9. The molecule has 1 aliphatic carbocycles. The van der Waals surface area contributed by atoms with E-state index in [1.165, 1.54) is 0 Å². The summed E-state index contributed by atoms with van der Waals surface area (Å²) in [6, 6.07) is 25.7. The van der Waals surface area contributed by atoms with Gasteiger partial charge in [-0.1, -0.05) is 131 Å². The van der Waals surface area contributed by atoms with Gasteiger partial charge in [0.05, 0.1) is 0 Å². The highest BCUT2D eigenvalue weighted by Gasteiger charge is 2.35. The number of ketones is 1. The summed E-state index contributed by atoms with van der Waals surface area (Å²) >= 11 is 0. The predicted molar refractivity (Wildman–Crippen MR) is 239 cm³/mol. The fourth-order valence-electron chi connectivity index (χ4n) is 6.89. The lowest BCUT2D eigenvalue weighted by atomic mass is 9.70. The topological polar surface area (TPSA) is 37.3 Å². The van der Waals surface area contributed by atoms with Gasteiger partial charge in [0.2, 0.25) is 0 Å². The highest BCUT2D eigenvalue weighted by Crippen LogP contribution is 2.45. The molecule has 0 atom stereocenters. The molecule has 0 radical (unpaired) electrons. The van der Waals surface area contributed by atoms with E-state index in [1.807, 2.05) is 54.6 Å². The van der Waals surface area contributed by atoms with Gasteiger partial charge in [0.25, 0.3) is 0 Å². The SMILES string of the molecule is C#Cc1cccc(C#Cc2cc(C#Cc3cccc(C#C)c3)cc(C(=C3C=C(C(C)(C)C)C(=O)C(C(C)(C)C)=C3)c3cc(C(C)(C)C)c(O)c(C(C)(C)C)c3)c2)c1. The molecule has 4 aromatic rings. The van der Waals surface area contributed by atoms with E-state index in [2.05, 4.69) is 155 Å². The van der Waals surface area contributed by atoms with Crippen LogP contribution in [0.4, 0.5) is 0 Å². The Balaban J connectivity index is 1.97. The number of hydrogen-bond acceptors (Lipinski definition) is 2. The van der Waals surface area contributed by atoms with Gasteiger partial charge in [0, 0.05) is 55.7 Å². The molecule has 4 aromatic carbocycles. The van der Waals surface area contributed by atoms with Crippen LogP contribution >= 0.6 is 0 Å². The Morgan fingerprint density at radius 1 is 0.491 bits per heavy atom. The van der Waals surface area contributed by atoms with Crippen LogP contribution in [0.3, 0.4) is 0 Å². The molecule has 0 spiro atoms. The number of benzene rings is 4. The third-order valence-corrected chi connectivity index (χ3v) is 9.99. The van der Waals surface area contributed by atoms with Crippen molar-refractivity contribution in [3.63, 3.8) is 0 Å². The van der Waals surface area contributed by atoms with E-state index in [0.29, 0.717) is 5.75 Å². The van der Waals surface area contributed by atoms with E-state index in [-0.39, 0.29) is 16.6 Å². The first-order valence-corrected chi connectivity index (χ1v) is 19.4. The molecule has 0 saturated carbocycles. The monoisotopic (exact) mass is 746 g/mol. The number of terminal acetylenes is 2. The Bertz CT molecular complexity index is 2420. The molecular weight excluding hydrogens is 693 g/mol. The molecule has 0 bridgehead atoms. The zero-order valence-electron chi connectivity index (χ0n) is 35.7. The van der Waals surface area contributed by atoms with Gasteiger partial charge in [0.15, 0.2) is 5.78 Å². The van der Waals surface area contributed by atoms with Crippen molar-refractivity contribution in [3.8, 4) is 54.1 Å². The van der Waals surface area contributed by atoms with E-state index < -0.39 is 10.8 Å². The first kappa shape index (κ1) is 42.0. The summed E-state index contributed by atoms with van der Waals surface area (Å²) in [6.45, 7) is 25.2. The Kier molecular flexibility index (Phi) is 11.6. The van der Waals surface area contributed by atoms with Gasteiger partial charge in [0.1, 0.15) is 5.75 Å². The van der Waals surface area contributed by atoms with Crippen LogP contribution in [0.15, 0.2) is 108 Å². The average Bonchev–Trinajstić information content (AvgIpc) is 3.12. The second-order valence-corrected chi connectivity index (χ2v) is 18.9. The van der Waals surface area contributed by atoms with Gasteiger partial charge in [-0.2, -0.15) is 0 Å². The molecule has 0 aromatic heterocycles. The summed E-state index contributed by atoms with van der Waals surface area (Å²) in [5.41, 5.74) is 9.83. The lowest BCUT2D eigenvalue weighted by Gasteiger charge is -2.32. The number of aromatic hydroxyl groups is 1. The molecule has 1 N–H and O–H groups in total. The van der Waals surface area contributed by atoms with Crippen LogP contribution in [0.25, 0.3) is 5.57 Å². The first-order chi connectivity index (χ1) is 26.5. The zero-order chi connectivity index (χ0) is 42.1. The van der Waals surface area contributed by atoms with Gasteiger partial charge in [-0.05, 0) is 123 Å². The highest BCUT2D eigenvalue weighted by atomic mass is 16.3. The smallest absolute Gasteiger partial charge is 0.186 e. The quantitative estimate of drug-likeness (QED) is 0.207. The van der Waals surface area contributed by atoms with Crippen LogP contribution in [0.2, 0.25) is 0 Å². The molecule has 0 amide bonds. The van der Waals surface area contributed by atoms with Gasteiger partial charge in [-0.15, -0.1) is 12.8 Å². The molecule has 2 nitrogen and oxygen atoms in total. The fraction of sp³-hybridized carbons (Fsp3) is 0.291. The van der Waals surface area contributed by atoms with Crippen molar-refractivity contribution in [2.45, 2.75) is 93.9 Å². The third kappa shape index (κ3) is 9.80. The molecule has 0 heterocycles. The van der Waals surface area contributed by atoms with Gasteiger partial charge >= 0.3 is 0 Å². The maximum atomic E-state index is 14.3. The van der Waals surface area contributed by atoms with Crippen LogP contribution in [-0.4, -0.2) is 10.9 Å². The number of Topliss-reactive ketones (excluding diaryl/α,β-unsaturated/α-hetero) is 1. The van der Waals surface area contributed by atoms with Crippen molar-refractivity contribution in [2.75, 3.05) is 0 Å². The highest BCUT2D eigenvalue weighted by molar-refractivity contribution is 6.12. The number of carbonyl (C=O) groups excluding carboxylic acids is 1. The number of allylic oxidation sites excluding steroid dienone is 5. The maximum Gasteiger partial charge on any atom is 0.186 e. The molecule has 286 valence electrons. The molecular formula is C55H54O2. The molecule has 57 heavy (non-hydrogen) atoms. The van der Waals surface area contributed by atoms with Crippen molar-refractivity contribution in [2.24, 2.45) is 10.8 Å². The third-order valence-electron chi connectivity index (χ3n) is 9.99. The number of phenolic OH excluding ortho intramolecular Hbond substituents is 1. The maximum absolute atomic E-state index is 14.3. The minimum atomic E-state index is -0.426. The Labute approximate surface area is 342 Å². The van der Waals surface area contributed by atoms with E-state index in [0.717, 1.165) is 77.9 Å². The minimum Gasteiger partial charge on any atom is -0.507 e. The molecule has 5 rings (SSSR count). The summed E-state index contributed by atoms with van der Waals surface area (Å²) in [5.74, 6) is 19.2. The second-order valence-electron chi connectivity index (χ2n) is 18.9. The summed E-state index contributed by atoms with van der Waals surface area (Å²) in [6.07, 6.45) is 15.6. The van der Waals surface area contributed by atoms with Crippen LogP contribution in [0, 0.1) is 59.2 Å². The van der Waals surface area contributed by atoms with E-state index in [1.54, 1.807) is 0 Å². The Hall–Kier alpha value is -6.19. The lowest BCUT2D eigenvalue weighted by Crippen LogP contribution is -2.28. The number of phenols is 1. The van der Waals surface area contributed by atoms with Gasteiger partial charge < -0.3 is 5.11 Å². The predicted octanol–water partition coefficient (Wildman–Crippen LogP) is 12.1. The van der Waals surface area contributed by atoms with Crippen LogP contribution < -0.4 is 0 Å². The summed E-state index contributed by atoms with van der Waals surface area (Å²) in [4.78, 5) is 14.3.